The summed E-state index contributed by atoms with van der Waals surface area (Å²) in [5.74, 6) is 0. The Hall–Kier alpha value is -0.740. The van der Waals surface area contributed by atoms with Crippen LogP contribution in [0.25, 0.3) is 0 Å². The van der Waals surface area contributed by atoms with Gasteiger partial charge in [0.25, 0.3) is 0 Å². The average Bonchev–Trinajstić information content (AvgIpc) is 2.87. The predicted octanol–water partition coefficient (Wildman–Crippen LogP) is -0.495. The van der Waals surface area contributed by atoms with Crippen LogP contribution in [0, 0.1) is 0 Å². The van der Waals surface area contributed by atoms with E-state index in [4.69, 9.17) is 4.74 Å². The molecule has 3 rings (SSSR count). The zero-order chi connectivity index (χ0) is 17.3. The largest absolute Gasteiger partial charge is 0.394 e. The number of ether oxygens (including phenoxy) is 1. The molecule has 1 aromatic rings. The van der Waals surface area contributed by atoms with Crippen molar-refractivity contribution in [3.8, 4) is 0 Å². The summed E-state index contributed by atoms with van der Waals surface area (Å²) in [6.45, 7) is 1.22. The number of hydrogen-bond acceptors (Lipinski definition) is 6. The Kier molecular flexibility index (Phi) is 6.83. The molecule has 4 atom stereocenters. The van der Waals surface area contributed by atoms with E-state index in [2.05, 4.69) is 21.8 Å². The second-order valence-electron chi connectivity index (χ2n) is 6.49. The average molecular weight is 393 g/mol. The standard InChI is InChI=1S/C16H24N2O5S.ClH/c1-24(21,22)17-8-13-15(16(20)14(10-19)23-13)18-7-6-11-4-2-3-5-12(11)9-18;/h2-5,13-17,19-20H,6-10H2,1H3;1H/t13-,14+,15+,16-;/m1./s1. The molecular formula is C16H25ClN2O5S. The fourth-order valence-corrected chi connectivity index (χ4v) is 4.07. The highest BCUT2D eigenvalue weighted by Gasteiger charge is 2.46. The maximum atomic E-state index is 11.4. The SMILES string of the molecule is CS(=O)(=O)NC[C@H]1O[C@@H](CO)[C@@H](O)[C@H]1N1CCc2ccccc2C1.Cl. The number of hydrogen-bond donors (Lipinski definition) is 3. The van der Waals surface area contributed by atoms with Crippen LogP contribution in [0.2, 0.25) is 0 Å². The van der Waals surface area contributed by atoms with Crippen molar-refractivity contribution >= 4 is 22.4 Å². The number of benzene rings is 1. The third-order valence-electron chi connectivity index (χ3n) is 4.77. The molecule has 7 nitrogen and oxygen atoms in total. The molecule has 142 valence electrons. The van der Waals surface area contributed by atoms with Crippen molar-refractivity contribution < 1.29 is 23.4 Å². The van der Waals surface area contributed by atoms with E-state index in [1.165, 1.54) is 11.1 Å². The Morgan fingerprint density at radius 1 is 1.28 bits per heavy atom. The van der Waals surface area contributed by atoms with E-state index in [1.807, 2.05) is 12.1 Å². The summed E-state index contributed by atoms with van der Waals surface area (Å²) in [6.07, 6.45) is -0.0917. The number of aliphatic hydroxyl groups excluding tert-OH is 2. The van der Waals surface area contributed by atoms with Gasteiger partial charge in [-0.15, -0.1) is 12.4 Å². The van der Waals surface area contributed by atoms with Crippen LogP contribution < -0.4 is 4.72 Å². The molecule has 3 N–H and O–H groups in total. The van der Waals surface area contributed by atoms with Crippen molar-refractivity contribution in [2.24, 2.45) is 0 Å². The molecule has 1 saturated heterocycles. The molecular weight excluding hydrogens is 368 g/mol. The topological polar surface area (TPSA) is 99.1 Å². The highest BCUT2D eigenvalue weighted by Crippen LogP contribution is 2.30. The van der Waals surface area contributed by atoms with Crippen LogP contribution in [0.4, 0.5) is 0 Å². The predicted molar refractivity (Wildman–Crippen MR) is 96.2 cm³/mol. The number of sulfonamides is 1. The van der Waals surface area contributed by atoms with Gasteiger partial charge >= 0.3 is 0 Å². The van der Waals surface area contributed by atoms with Gasteiger partial charge < -0.3 is 14.9 Å². The first-order valence-electron chi connectivity index (χ1n) is 8.09. The first kappa shape index (κ1) is 20.6. The zero-order valence-electron chi connectivity index (χ0n) is 14.0. The van der Waals surface area contributed by atoms with Gasteiger partial charge in [-0.25, -0.2) is 13.1 Å². The Labute approximate surface area is 154 Å². The van der Waals surface area contributed by atoms with Crippen LogP contribution in [0.1, 0.15) is 11.1 Å². The van der Waals surface area contributed by atoms with E-state index in [9.17, 15) is 18.6 Å². The van der Waals surface area contributed by atoms with Crippen molar-refractivity contribution in [2.75, 3.05) is 26.0 Å². The van der Waals surface area contributed by atoms with Gasteiger partial charge in [0.15, 0.2) is 0 Å². The summed E-state index contributed by atoms with van der Waals surface area (Å²) in [7, 11) is -3.35. The second-order valence-corrected chi connectivity index (χ2v) is 8.32. The van der Waals surface area contributed by atoms with Crippen LogP contribution in [0.15, 0.2) is 24.3 Å². The molecule has 1 fully saturated rings. The number of halogens is 1. The van der Waals surface area contributed by atoms with E-state index in [1.54, 1.807) is 0 Å². The number of fused-ring (bicyclic) bond motifs is 1. The van der Waals surface area contributed by atoms with Crippen molar-refractivity contribution in [3.05, 3.63) is 35.4 Å². The van der Waals surface area contributed by atoms with Gasteiger partial charge in [-0.3, -0.25) is 4.90 Å². The Bertz CT molecular complexity index is 687. The molecule has 0 aromatic heterocycles. The molecule has 1 aromatic carbocycles. The van der Waals surface area contributed by atoms with Gasteiger partial charge in [0.05, 0.1) is 25.0 Å². The Balaban J connectivity index is 0.00000225. The lowest BCUT2D eigenvalue weighted by atomic mass is 9.95. The van der Waals surface area contributed by atoms with E-state index in [0.29, 0.717) is 6.54 Å². The monoisotopic (exact) mass is 392 g/mol. The molecule has 0 saturated carbocycles. The lowest BCUT2D eigenvalue weighted by molar-refractivity contribution is -0.0201. The summed E-state index contributed by atoms with van der Waals surface area (Å²) in [6, 6.07) is 7.82. The van der Waals surface area contributed by atoms with E-state index in [-0.39, 0.29) is 31.6 Å². The van der Waals surface area contributed by atoms with E-state index >= 15 is 0 Å². The second kappa shape index (κ2) is 8.30. The molecule has 2 aliphatic heterocycles. The lowest BCUT2D eigenvalue weighted by Crippen LogP contribution is -2.52. The molecule has 25 heavy (non-hydrogen) atoms. The van der Waals surface area contributed by atoms with Gasteiger partial charge in [-0.05, 0) is 17.5 Å². The lowest BCUT2D eigenvalue weighted by Gasteiger charge is -2.37. The number of nitrogens with one attached hydrogen (secondary N) is 1. The summed E-state index contributed by atoms with van der Waals surface area (Å²) < 4.78 is 30.9. The van der Waals surface area contributed by atoms with Crippen molar-refractivity contribution in [1.82, 2.24) is 9.62 Å². The molecule has 0 amide bonds. The first-order valence-corrected chi connectivity index (χ1v) is 9.98. The summed E-state index contributed by atoms with van der Waals surface area (Å²) in [4.78, 5) is 2.12. The maximum Gasteiger partial charge on any atom is 0.208 e. The van der Waals surface area contributed by atoms with E-state index < -0.39 is 28.3 Å². The van der Waals surface area contributed by atoms with Crippen LogP contribution in [-0.4, -0.2) is 73.8 Å². The van der Waals surface area contributed by atoms with Gasteiger partial charge in [0.2, 0.25) is 10.0 Å². The highest BCUT2D eigenvalue weighted by molar-refractivity contribution is 7.88. The summed E-state index contributed by atoms with van der Waals surface area (Å²) in [5, 5.41) is 20.0. The smallest absolute Gasteiger partial charge is 0.208 e. The molecule has 0 bridgehead atoms. The molecule has 2 aliphatic rings. The van der Waals surface area contributed by atoms with Crippen molar-refractivity contribution in [1.29, 1.82) is 0 Å². The van der Waals surface area contributed by atoms with Gasteiger partial charge in [-0.1, -0.05) is 24.3 Å². The minimum absolute atomic E-state index is 0. The van der Waals surface area contributed by atoms with Crippen molar-refractivity contribution in [3.63, 3.8) is 0 Å². The van der Waals surface area contributed by atoms with E-state index in [0.717, 1.165) is 19.2 Å². The van der Waals surface area contributed by atoms with Gasteiger partial charge in [0.1, 0.15) is 12.2 Å². The third-order valence-corrected chi connectivity index (χ3v) is 5.46. The normalized spacial score (nSPS) is 29.9. The van der Waals surface area contributed by atoms with Crippen LogP contribution in [-0.2, 0) is 27.7 Å². The fourth-order valence-electron chi connectivity index (χ4n) is 3.60. The number of nitrogens with zero attached hydrogens (tertiary/aromatic N) is 1. The molecule has 0 spiro atoms. The molecule has 0 unspecified atom stereocenters. The van der Waals surface area contributed by atoms with Crippen molar-refractivity contribution in [2.45, 2.75) is 37.3 Å². The molecule has 9 heteroatoms. The molecule has 0 radical (unpaired) electrons. The Morgan fingerprint density at radius 3 is 2.60 bits per heavy atom. The minimum Gasteiger partial charge on any atom is -0.394 e. The quantitative estimate of drug-likeness (QED) is 0.625. The first-order chi connectivity index (χ1) is 11.4. The number of rotatable bonds is 5. The van der Waals surface area contributed by atoms with Crippen LogP contribution in [0.3, 0.4) is 0 Å². The molecule has 0 aliphatic carbocycles. The van der Waals surface area contributed by atoms with Gasteiger partial charge in [0, 0.05) is 19.6 Å². The maximum absolute atomic E-state index is 11.4. The molecule has 2 heterocycles. The summed E-state index contributed by atoms with van der Waals surface area (Å²) >= 11 is 0. The third kappa shape index (κ3) is 4.71. The fraction of sp³-hybridized carbons (Fsp3) is 0.625. The minimum atomic E-state index is -3.35. The summed E-state index contributed by atoms with van der Waals surface area (Å²) in [5.41, 5.74) is 2.50. The Morgan fingerprint density at radius 2 is 1.96 bits per heavy atom. The van der Waals surface area contributed by atoms with Crippen LogP contribution >= 0.6 is 12.4 Å². The van der Waals surface area contributed by atoms with Crippen LogP contribution in [0.5, 0.6) is 0 Å². The van der Waals surface area contributed by atoms with Gasteiger partial charge in [-0.2, -0.15) is 0 Å². The zero-order valence-corrected chi connectivity index (χ0v) is 15.7. The number of aliphatic hydroxyl groups is 2. The highest BCUT2D eigenvalue weighted by atomic mass is 35.5.